The molecule has 4 aromatic rings. The molecule has 0 radical (unpaired) electrons. The summed E-state index contributed by atoms with van der Waals surface area (Å²) < 4.78 is 21.6. The van der Waals surface area contributed by atoms with Gasteiger partial charge in [-0.15, -0.1) is 0 Å². The number of nitrogens with one attached hydrogen (secondary N) is 2. The maximum atomic E-state index is 14.0. The highest BCUT2D eigenvalue weighted by Gasteiger charge is 2.60. The smallest absolute Gasteiger partial charge is 0.339 e. The molecule has 4 aliphatic rings. The van der Waals surface area contributed by atoms with E-state index < -0.39 is 35.7 Å². The lowest BCUT2D eigenvalue weighted by Crippen LogP contribution is -2.53. The molecule has 0 heterocycles. The van der Waals surface area contributed by atoms with Gasteiger partial charge < -0.3 is 50.0 Å². The summed E-state index contributed by atoms with van der Waals surface area (Å²) in [5.74, 6) is -1.90. The maximum Gasteiger partial charge on any atom is 0.339 e. The van der Waals surface area contributed by atoms with E-state index in [1.165, 1.54) is 135 Å². The fraction of sp³-hybridized carbons (Fsp3) is 0.508. The molecule has 4 aliphatic carbocycles. The zero-order valence-electron chi connectivity index (χ0n) is 48.2. The van der Waals surface area contributed by atoms with Crippen LogP contribution in [0.5, 0.6) is 23.0 Å². The van der Waals surface area contributed by atoms with Gasteiger partial charge in [-0.2, -0.15) is 0 Å². The van der Waals surface area contributed by atoms with Gasteiger partial charge in [-0.1, -0.05) is 60.0 Å². The first-order valence-corrected chi connectivity index (χ1v) is 28.6. The summed E-state index contributed by atoms with van der Waals surface area (Å²) >= 11 is 0. The molecule has 9 atom stereocenters. The van der Waals surface area contributed by atoms with Gasteiger partial charge in [0.05, 0.1) is 39.8 Å². The molecule has 0 aromatic heterocycles. The van der Waals surface area contributed by atoms with E-state index in [2.05, 4.69) is 45.3 Å². The van der Waals surface area contributed by atoms with Crippen LogP contribution in [-0.4, -0.2) is 84.6 Å². The van der Waals surface area contributed by atoms with Gasteiger partial charge in [-0.05, 0) is 206 Å². The van der Waals surface area contributed by atoms with Gasteiger partial charge in [0.25, 0.3) is 11.8 Å². The minimum absolute atomic E-state index is 0.0209. The van der Waals surface area contributed by atoms with Gasteiger partial charge in [-0.25, -0.2) is 19.2 Å². The summed E-state index contributed by atoms with van der Waals surface area (Å²) in [6, 6.07) is 13.4. The zero-order valence-corrected chi connectivity index (χ0v) is 48.2. The fourth-order valence-corrected chi connectivity index (χ4v) is 15.4. The van der Waals surface area contributed by atoms with Gasteiger partial charge in [-0.3, -0.25) is 9.59 Å². The number of fused-ring (bicyclic) bond motifs is 5. The van der Waals surface area contributed by atoms with Crippen molar-refractivity contribution in [2.24, 2.45) is 58.2 Å². The van der Waals surface area contributed by atoms with Crippen LogP contribution in [-0.2, 0) is 0 Å². The number of carboxylic acid groups (broad SMARTS) is 4. The number of ether oxygens (including phenoxy) is 4. The van der Waals surface area contributed by atoms with E-state index in [0.29, 0.717) is 35.2 Å². The number of methoxy groups -OCH3 is 4. The van der Waals surface area contributed by atoms with Crippen LogP contribution in [0, 0.1) is 58.2 Å². The molecule has 0 bridgehead atoms. The van der Waals surface area contributed by atoms with Gasteiger partial charge in [0.2, 0.25) is 0 Å². The van der Waals surface area contributed by atoms with Gasteiger partial charge in [0, 0.05) is 11.1 Å². The number of benzene rings is 4. The average Bonchev–Trinajstić information content (AvgIpc) is 4.09. The third-order valence-corrected chi connectivity index (χ3v) is 19.4. The van der Waals surface area contributed by atoms with E-state index in [9.17, 15) is 49.2 Å². The highest BCUT2D eigenvalue weighted by molar-refractivity contribution is 6.10. The lowest BCUT2D eigenvalue weighted by Gasteiger charge is -2.61. The molecule has 6 N–H and O–H groups in total. The molecular formula is C65H80N2O14. The van der Waals surface area contributed by atoms with Crippen molar-refractivity contribution in [1.82, 2.24) is 0 Å². The van der Waals surface area contributed by atoms with E-state index in [4.69, 9.17) is 18.9 Å². The van der Waals surface area contributed by atoms with Gasteiger partial charge in [0.1, 0.15) is 33.8 Å². The van der Waals surface area contributed by atoms with Crippen molar-refractivity contribution in [3.8, 4) is 23.0 Å². The van der Waals surface area contributed by atoms with Crippen molar-refractivity contribution < 1.29 is 68.1 Å². The number of hydrogen-bond donors (Lipinski definition) is 6. The first-order valence-electron chi connectivity index (χ1n) is 28.6. The fourth-order valence-electron chi connectivity index (χ4n) is 15.4. The monoisotopic (exact) mass is 1110 g/mol. The Morgan fingerprint density at radius 2 is 1.07 bits per heavy atom. The van der Waals surface area contributed by atoms with Crippen molar-refractivity contribution in [1.29, 1.82) is 0 Å². The molecule has 2 amide bonds. The van der Waals surface area contributed by atoms with Crippen LogP contribution >= 0.6 is 0 Å². The Kier molecular flexibility index (Phi) is 18.3. The van der Waals surface area contributed by atoms with Crippen LogP contribution in [0.25, 0.3) is 5.57 Å². The predicted molar refractivity (Wildman–Crippen MR) is 309 cm³/mol. The average molecular weight is 1110 g/mol. The number of carbonyl (C=O) groups is 6. The van der Waals surface area contributed by atoms with E-state index in [0.717, 1.165) is 67.4 Å². The third-order valence-electron chi connectivity index (χ3n) is 19.4. The lowest BCUT2D eigenvalue weighted by atomic mass is 9.44. The standard InChI is InChI=1S/C65H80N2O14/c1-35(2)12-10-13-36(3)49-20-21-50-44-19-18-42-28-37(24-26-64(42,4)51(44)25-27-65(49,50)5)14-11-15-43(40-31-47(62(74)75)56(80-8)52(33-40)66-58(68)38-16-22-54(78-6)45(29-38)60(70)71)41-32-48(63(76)77)57(81-9)53(34-41)67-59(69)39-17-23-55(79-7)46(30-39)61(72)73/h15-17,22-23,29-37,42,44,49-51H,10-14,18-21,24-28H2,1-9H3,(H,66,68)(H,67,69)(H,70,71)(H,72,73)(H,74,75)(H,76,77)/t36?,37-,42?,44-,49+,50-,51-,64-,65+/m0/s1. The van der Waals surface area contributed by atoms with Crippen LogP contribution in [0.2, 0.25) is 0 Å². The summed E-state index contributed by atoms with van der Waals surface area (Å²) in [5.41, 5.74) is -0.0547. The highest BCUT2D eigenvalue weighted by atomic mass is 16.5. The number of aromatic carboxylic acids is 4. The Balaban J connectivity index is 1.13. The molecule has 16 nitrogen and oxygen atoms in total. The number of hydrogen-bond acceptors (Lipinski definition) is 10. The predicted octanol–water partition coefficient (Wildman–Crippen LogP) is 14.0. The normalized spacial score (nSPS) is 24.1. The minimum Gasteiger partial charge on any atom is -0.496 e. The van der Waals surface area contributed by atoms with E-state index in [1.807, 2.05) is 6.08 Å². The first-order chi connectivity index (χ1) is 38.6. The molecule has 0 saturated heterocycles. The number of allylic oxidation sites excluding steroid dienone is 1. The molecule has 8 rings (SSSR count). The minimum atomic E-state index is -1.41. The van der Waals surface area contributed by atoms with E-state index >= 15 is 0 Å². The summed E-state index contributed by atoms with van der Waals surface area (Å²) in [6.45, 7) is 12.4. The van der Waals surface area contributed by atoms with Gasteiger partial charge in [0.15, 0.2) is 11.5 Å². The second-order valence-corrected chi connectivity index (χ2v) is 24.2. The molecule has 81 heavy (non-hydrogen) atoms. The number of rotatable bonds is 22. The largest absolute Gasteiger partial charge is 0.496 e. The molecule has 4 aromatic carbocycles. The topological polar surface area (TPSA) is 244 Å². The molecule has 0 spiro atoms. The highest BCUT2D eigenvalue weighted by Crippen LogP contribution is 2.69. The van der Waals surface area contributed by atoms with Crippen LogP contribution in [0.4, 0.5) is 11.4 Å². The Morgan fingerprint density at radius 3 is 1.56 bits per heavy atom. The number of anilines is 2. The van der Waals surface area contributed by atoms with Crippen molar-refractivity contribution in [2.75, 3.05) is 39.1 Å². The van der Waals surface area contributed by atoms with Gasteiger partial charge >= 0.3 is 23.9 Å². The summed E-state index contributed by atoms with van der Waals surface area (Å²) in [4.78, 5) is 78.6. The van der Waals surface area contributed by atoms with Crippen LogP contribution in [0.3, 0.4) is 0 Å². The Morgan fingerprint density at radius 1 is 0.580 bits per heavy atom. The Bertz CT molecular complexity index is 2960. The van der Waals surface area contributed by atoms with Crippen LogP contribution in [0.1, 0.15) is 198 Å². The number of amides is 2. The quantitative estimate of drug-likeness (QED) is 0.0429. The molecule has 4 saturated carbocycles. The second kappa shape index (κ2) is 24.8. The second-order valence-electron chi connectivity index (χ2n) is 24.2. The molecule has 16 heteroatoms. The zero-order chi connectivity index (χ0) is 58.7. The number of carboxylic acids is 4. The molecule has 434 valence electrons. The molecule has 2 unspecified atom stereocenters. The summed E-state index contributed by atoms with van der Waals surface area (Å²) in [7, 11) is 5.09. The number of carbonyl (C=O) groups excluding carboxylic acids is 2. The van der Waals surface area contributed by atoms with E-state index in [1.54, 1.807) is 0 Å². The summed E-state index contributed by atoms with van der Waals surface area (Å²) in [6.07, 6.45) is 18.3. The third kappa shape index (κ3) is 12.2. The molecule has 4 fully saturated rings. The van der Waals surface area contributed by atoms with Crippen molar-refractivity contribution >= 4 is 52.6 Å². The maximum absolute atomic E-state index is 14.0. The summed E-state index contributed by atoms with van der Waals surface area (Å²) in [5, 5.41) is 46.7. The first kappa shape index (κ1) is 59.8. The van der Waals surface area contributed by atoms with Crippen molar-refractivity contribution in [3.05, 3.63) is 111 Å². The van der Waals surface area contributed by atoms with E-state index in [-0.39, 0.29) is 84.3 Å². The Labute approximate surface area is 475 Å². The lowest BCUT2D eigenvalue weighted by molar-refractivity contribution is -0.121. The molecule has 0 aliphatic heterocycles. The molecular weight excluding hydrogens is 1030 g/mol. The Hall–Kier alpha value is -7.36. The van der Waals surface area contributed by atoms with Crippen LogP contribution in [0.15, 0.2) is 66.7 Å². The van der Waals surface area contributed by atoms with Crippen molar-refractivity contribution in [3.63, 3.8) is 0 Å². The van der Waals surface area contributed by atoms with Crippen LogP contribution < -0.4 is 29.6 Å². The SMILES string of the molecule is COc1ccc(C(=O)Nc2cc(C(=CCC[C@H]3CC[C@@]4(C)C(CC[C@H]5[C@@H]6CC[C@H](C(C)CCCC(C)C)[C@@]6(C)CC[C@@H]54)C3)c3cc(NC(=O)c4ccc(OC)c(C(=O)O)c4)c(OC)c(C(=O)O)c3)cc(C(=O)O)c2OC)cc1C(=O)O. The van der Waals surface area contributed by atoms with Crippen molar-refractivity contribution in [2.45, 2.75) is 125 Å².